The zero-order valence-electron chi connectivity index (χ0n) is 17.7. The molecule has 0 aliphatic carbocycles. The van der Waals surface area contributed by atoms with Crippen LogP contribution in [0.25, 0.3) is 10.9 Å². The number of amides is 2. The molecule has 0 saturated carbocycles. The molecule has 29 heavy (non-hydrogen) atoms. The van der Waals surface area contributed by atoms with E-state index in [1.807, 2.05) is 12.1 Å². The van der Waals surface area contributed by atoms with Crippen molar-refractivity contribution < 1.29 is 4.79 Å². The molecule has 5 nitrogen and oxygen atoms in total. The van der Waals surface area contributed by atoms with Crippen LogP contribution < -0.4 is 10.6 Å². The van der Waals surface area contributed by atoms with Gasteiger partial charge in [0.25, 0.3) is 0 Å². The predicted molar refractivity (Wildman–Crippen MR) is 120 cm³/mol. The van der Waals surface area contributed by atoms with Crippen LogP contribution in [0.4, 0.5) is 4.79 Å². The quantitative estimate of drug-likeness (QED) is 0.507. The second kappa shape index (κ2) is 10.1. The first kappa shape index (κ1) is 20.9. The molecule has 0 spiro atoms. The Balaban J connectivity index is 1.51. The summed E-state index contributed by atoms with van der Waals surface area (Å²) in [6.07, 6.45) is 0.807. The van der Waals surface area contributed by atoms with Crippen molar-refractivity contribution in [3.63, 3.8) is 0 Å². The second-order valence-electron chi connectivity index (χ2n) is 7.36. The zero-order chi connectivity index (χ0) is 20.6. The molecule has 0 aliphatic rings. The minimum absolute atomic E-state index is 0.125. The molecule has 154 valence electrons. The fourth-order valence-electron chi connectivity index (χ4n) is 3.77. The highest BCUT2D eigenvalue weighted by Gasteiger charge is 2.10. The maximum Gasteiger partial charge on any atom is 0.315 e. The Kier molecular flexibility index (Phi) is 7.30. The SMILES string of the molecule is CCN(CC)Cc1ccccc1CNC(=O)NCCc1c(C)[nH]c2ccccc12. The molecule has 0 unspecified atom stereocenters. The molecule has 5 heteroatoms. The van der Waals surface area contributed by atoms with E-state index in [-0.39, 0.29) is 6.03 Å². The van der Waals surface area contributed by atoms with Gasteiger partial charge in [0.1, 0.15) is 0 Å². The van der Waals surface area contributed by atoms with Crippen LogP contribution in [0.15, 0.2) is 48.5 Å². The number of hydrogen-bond acceptors (Lipinski definition) is 2. The van der Waals surface area contributed by atoms with E-state index in [0.717, 1.165) is 31.6 Å². The third-order valence-electron chi connectivity index (χ3n) is 5.53. The molecule has 3 rings (SSSR count). The van der Waals surface area contributed by atoms with E-state index in [0.29, 0.717) is 13.1 Å². The van der Waals surface area contributed by atoms with Gasteiger partial charge in [-0.15, -0.1) is 0 Å². The normalized spacial score (nSPS) is 11.2. The van der Waals surface area contributed by atoms with Gasteiger partial charge in [0, 0.05) is 36.2 Å². The summed E-state index contributed by atoms with van der Waals surface area (Å²) in [5.74, 6) is 0. The van der Waals surface area contributed by atoms with E-state index in [1.54, 1.807) is 0 Å². The lowest BCUT2D eigenvalue weighted by molar-refractivity contribution is 0.240. The molecule has 0 aliphatic heterocycles. The number of aromatic amines is 1. The van der Waals surface area contributed by atoms with Crippen LogP contribution in [-0.4, -0.2) is 35.5 Å². The Morgan fingerprint density at radius 1 is 0.966 bits per heavy atom. The molecular formula is C24H32N4O. The van der Waals surface area contributed by atoms with Gasteiger partial charge in [0.2, 0.25) is 0 Å². The Labute approximate surface area is 173 Å². The summed E-state index contributed by atoms with van der Waals surface area (Å²) in [5.41, 5.74) is 6.02. The van der Waals surface area contributed by atoms with E-state index in [4.69, 9.17) is 0 Å². The van der Waals surface area contributed by atoms with E-state index in [2.05, 4.69) is 77.7 Å². The summed E-state index contributed by atoms with van der Waals surface area (Å²) < 4.78 is 0. The molecule has 1 aromatic heterocycles. The van der Waals surface area contributed by atoms with Gasteiger partial charge >= 0.3 is 6.03 Å². The van der Waals surface area contributed by atoms with E-state index in [9.17, 15) is 4.79 Å². The maximum atomic E-state index is 12.3. The van der Waals surface area contributed by atoms with Crippen molar-refractivity contribution in [3.8, 4) is 0 Å². The van der Waals surface area contributed by atoms with Gasteiger partial charge in [-0.25, -0.2) is 4.79 Å². The number of aryl methyl sites for hydroxylation is 1. The molecule has 1 heterocycles. The number of carbonyl (C=O) groups excluding carboxylic acids is 1. The molecule has 3 aromatic rings. The molecule has 2 amide bonds. The summed E-state index contributed by atoms with van der Waals surface area (Å²) >= 11 is 0. The molecule has 2 aromatic carbocycles. The third-order valence-corrected chi connectivity index (χ3v) is 5.53. The van der Waals surface area contributed by atoms with Crippen LogP contribution in [0.1, 0.15) is 36.2 Å². The first-order valence-corrected chi connectivity index (χ1v) is 10.5. The van der Waals surface area contributed by atoms with Crippen LogP contribution >= 0.6 is 0 Å². The smallest absolute Gasteiger partial charge is 0.315 e. The predicted octanol–water partition coefficient (Wildman–Crippen LogP) is 4.36. The van der Waals surface area contributed by atoms with Crippen molar-refractivity contribution in [1.29, 1.82) is 0 Å². The van der Waals surface area contributed by atoms with Gasteiger partial charge in [-0.1, -0.05) is 56.3 Å². The minimum Gasteiger partial charge on any atom is -0.358 e. The highest BCUT2D eigenvalue weighted by Crippen LogP contribution is 2.21. The lowest BCUT2D eigenvalue weighted by Gasteiger charge is -2.20. The highest BCUT2D eigenvalue weighted by molar-refractivity contribution is 5.84. The summed E-state index contributed by atoms with van der Waals surface area (Å²) in [4.78, 5) is 18.1. The monoisotopic (exact) mass is 392 g/mol. The fraction of sp³-hybridized carbons (Fsp3) is 0.375. The van der Waals surface area contributed by atoms with Crippen LogP contribution in [0, 0.1) is 6.92 Å². The summed E-state index contributed by atoms with van der Waals surface area (Å²) in [6.45, 7) is 10.5. The van der Waals surface area contributed by atoms with Gasteiger partial charge in [-0.2, -0.15) is 0 Å². The van der Waals surface area contributed by atoms with E-state index in [1.165, 1.54) is 27.8 Å². The molecule has 0 atom stereocenters. The van der Waals surface area contributed by atoms with Crippen molar-refractivity contribution in [2.45, 2.75) is 40.3 Å². The van der Waals surface area contributed by atoms with Crippen molar-refractivity contribution in [1.82, 2.24) is 20.5 Å². The lowest BCUT2D eigenvalue weighted by atomic mass is 10.1. The largest absolute Gasteiger partial charge is 0.358 e. The number of urea groups is 1. The Hall–Kier alpha value is -2.79. The Morgan fingerprint density at radius 3 is 2.41 bits per heavy atom. The van der Waals surface area contributed by atoms with Crippen molar-refractivity contribution in [2.24, 2.45) is 0 Å². The zero-order valence-corrected chi connectivity index (χ0v) is 17.7. The van der Waals surface area contributed by atoms with Crippen LogP contribution in [-0.2, 0) is 19.5 Å². The number of hydrogen-bond donors (Lipinski definition) is 3. The number of aromatic nitrogens is 1. The number of carbonyl (C=O) groups is 1. The van der Waals surface area contributed by atoms with Crippen molar-refractivity contribution in [3.05, 3.63) is 70.9 Å². The van der Waals surface area contributed by atoms with Crippen LogP contribution in [0.2, 0.25) is 0 Å². The fourth-order valence-corrected chi connectivity index (χ4v) is 3.77. The summed E-state index contributed by atoms with van der Waals surface area (Å²) in [5, 5.41) is 7.23. The highest BCUT2D eigenvalue weighted by atomic mass is 16.2. The third kappa shape index (κ3) is 5.39. The standard InChI is InChI=1S/C24H32N4O/c1-4-28(5-2)17-20-11-7-6-10-19(20)16-26-24(29)25-15-14-21-18(3)27-23-13-9-8-12-22(21)23/h6-13,27H,4-5,14-17H2,1-3H3,(H2,25,26,29). The summed E-state index contributed by atoms with van der Waals surface area (Å²) in [7, 11) is 0. The molecule has 3 N–H and O–H groups in total. The average molecular weight is 393 g/mol. The van der Waals surface area contributed by atoms with Crippen LogP contribution in [0.5, 0.6) is 0 Å². The number of nitrogens with one attached hydrogen (secondary N) is 3. The van der Waals surface area contributed by atoms with Gasteiger partial charge in [0.05, 0.1) is 0 Å². The van der Waals surface area contributed by atoms with Crippen LogP contribution in [0.3, 0.4) is 0 Å². The molecule has 0 radical (unpaired) electrons. The first-order chi connectivity index (χ1) is 14.1. The molecular weight excluding hydrogens is 360 g/mol. The number of rotatable bonds is 9. The number of H-pyrrole nitrogens is 1. The average Bonchev–Trinajstić information content (AvgIpc) is 3.06. The Bertz CT molecular complexity index is 943. The van der Waals surface area contributed by atoms with Gasteiger partial charge < -0.3 is 15.6 Å². The number of para-hydroxylation sites is 1. The first-order valence-electron chi connectivity index (χ1n) is 10.5. The molecule has 0 fully saturated rings. The molecule has 0 saturated heterocycles. The minimum atomic E-state index is -0.125. The van der Waals surface area contributed by atoms with Crippen molar-refractivity contribution in [2.75, 3.05) is 19.6 Å². The maximum absolute atomic E-state index is 12.3. The van der Waals surface area contributed by atoms with Crippen molar-refractivity contribution >= 4 is 16.9 Å². The van der Waals surface area contributed by atoms with Gasteiger partial charge in [-0.3, -0.25) is 4.90 Å². The summed E-state index contributed by atoms with van der Waals surface area (Å²) in [6, 6.07) is 16.5. The van der Waals surface area contributed by atoms with E-state index < -0.39 is 0 Å². The number of fused-ring (bicyclic) bond motifs is 1. The van der Waals surface area contributed by atoms with E-state index >= 15 is 0 Å². The van der Waals surface area contributed by atoms with Gasteiger partial charge in [0.15, 0.2) is 0 Å². The number of nitrogens with zero attached hydrogens (tertiary/aromatic N) is 1. The number of benzene rings is 2. The lowest BCUT2D eigenvalue weighted by Crippen LogP contribution is -2.36. The molecule has 0 bridgehead atoms. The second-order valence-corrected chi connectivity index (χ2v) is 7.36. The Morgan fingerprint density at radius 2 is 1.66 bits per heavy atom. The topological polar surface area (TPSA) is 60.2 Å². The van der Waals surface area contributed by atoms with Gasteiger partial charge in [-0.05, 0) is 49.2 Å².